The molecule has 0 aliphatic rings. The minimum atomic E-state index is -2.61. The van der Waals surface area contributed by atoms with Crippen molar-refractivity contribution in [1.29, 1.82) is 0 Å². The van der Waals surface area contributed by atoms with Crippen molar-refractivity contribution in [1.82, 2.24) is 4.98 Å². The summed E-state index contributed by atoms with van der Waals surface area (Å²) in [5, 5.41) is 0.289. The normalized spacial score (nSPS) is 10.6. The third-order valence-corrected chi connectivity index (χ3v) is 2.97. The van der Waals surface area contributed by atoms with E-state index in [2.05, 4.69) is 20.9 Å². The van der Waals surface area contributed by atoms with Gasteiger partial charge in [0.15, 0.2) is 6.29 Å². The Morgan fingerprint density at radius 1 is 1.64 bits per heavy atom. The lowest BCUT2D eigenvalue weighted by Gasteiger charge is -2.06. The Balaban J connectivity index is 3.30. The highest BCUT2D eigenvalue weighted by molar-refractivity contribution is 14.1. The van der Waals surface area contributed by atoms with E-state index in [0.29, 0.717) is 21.1 Å². The lowest BCUT2D eigenvalue weighted by Crippen LogP contribution is -2.02. The van der Waals surface area contributed by atoms with Crippen LogP contribution in [0, 0.1) is 3.57 Å². The zero-order chi connectivity index (χ0) is 10.7. The third-order valence-electron chi connectivity index (χ3n) is 1.58. The molecular weight excluding hydrogens is 371 g/mol. The second kappa shape index (κ2) is 5.11. The van der Waals surface area contributed by atoms with Crippen LogP contribution in [0.3, 0.4) is 0 Å². The van der Waals surface area contributed by atoms with Crippen molar-refractivity contribution >= 4 is 44.8 Å². The number of nitrogens with zero attached hydrogens (tertiary/aromatic N) is 1. The summed E-state index contributed by atoms with van der Waals surface area (Å²) in [6, 6.07) is 1.42. The number of aromatic nitrogens is 1. The number of pyridine rings is 1. The molecule has 0 N–H and O–H groups in total. The molecule has 0 aliphatic carbocycles. The second-order valence-electron chi connectivity index (χ2n) is 2.44. The van der Waals surface area contributed by atoms with Crippen molar-refractivity contribution in [2.45, 2.75) is 11.8 Å². The highest BCUT2D eigenvalue weighted by atomic mass is 127. The molecule has 1 heterocycles. The Labute approximate surface area is 101 Å². The van der Waals surface area contributed by atoms with E-state index in [9.17, 15) is 13.6 Å². The average Bonchev–Trinajstić information content (AvgIpc) is 2.16. The van der Waals surface area contributed by atoms with Gasteiger partial charge in [-0.2, -0.15) is 0 Å². The molecule has 0 bridgehead atoms. The third kappa shape index (κ3) is 2.47. The van der Waals surface area contributed by atoms with Crippen LogP contribution < -0.4 is 0 Å². The van der Waals surface area contributed by atoms with Crippen LogP contribution >= 0.6 is 38.5 Å². The largest absolute Gasteiger partial charge is 0.298 e. The molecule has 14 heavy (non-hydrogen) atoms. The number of halogens is 4. The fourth-order valence-corrected chi connectivity index (χ4v) is 2.06. The summed E-state index contributed by atoms with van der Waals surface area (Å²) in [4.78, 5) is 14.3. The second-order valence-corrected chi connectivity index (χ2v) is 4.17. The number of hydrogen-bond acceptors (Lipinski definition) is 2. The van der Waals surface area contributed by atoms with Crippen LogP contribution in [0.25, 0.3) is 0 Å². The Bertz CT molecular complexity index is 359. The number of carbonyl (C=O) groups excluding carboxylic acids is 1. The maximum atomic E-state index is 12.4. The molecule has 0 saturated heterocycles. The van der Waals surface area contributed by atoms with Gasteiger partial charge in [0.05, 0.1) is 5.69 Å². The molecule has 76 valence electrons. The molecule has 0 fully saturated rings. The van der Waals surface area contributed by atoms with Crippen LogP contribution in [-0.4, -0.2) is 11.3 Å². The van der Waals surface area contributed by atoms with Gasteiger partial charge in [-0.25, -0.2) is 13.8 Å². The average molecular weight is 376 g/mol. The molecule has 1 aromatic heterocycles. The van der Waals surface area contributed by atoms with E-state index in [1.54, 1.807) is 22.6 Å². The van der Waals surface area contributed by atoms with Crippen molar-refractivity contribution < 1.29 is 13.6 Å². The van der Waals surface area contributed by atoms with Gasteiger partial charge < -0.3 is 0 Å². The lowest BCUT2D eigenvalue weighted by molar-refractivity contribution is 0.112. The van der Waals surface area contributed by atoms with Gasteiger partial charge in [-0.05, 0) is 28.7 Å². The molecule has 1 rings (SSSR count). The van der Waals surface area contributed by atoms with Gasteiger partial charge in [-0.15, -0.1) is 0 Å². The minimum Gasteiger partial charge on any atom is -0.298 e. The quantitative estimate of drug-likeness (QED) is 0.461. The molecular formula is C8H5BrF2INO. The molecule has 0 aromatic carbocycles. The predicted octanol–water partition coefficient (Wildman–Crippen LogP) is 3.33. The first-order valence-electron chi connectivity index (χ1n) is 3.58. The number of alkyl halides is 3. The molecule has 0 aliphatic heterocycles. The zero-order valence-corrected chi connectivity index (χ0v) is 10.5. The molecule has 0 radical (unpaired) electrons. The molecule has 6 heteroatoms. The number of aldehydes is 1. The highest BCUT2D eigenvalue weighted by Gasteiger charge is 2.16. The van der Waals surface area contributed by atoms with Gasteiger partial charge in [0.2, 0.25) is 0 Å². The molecule has 0 atom stereocenters. The van der Waals surface area contributed by atoms with Crippen LogP contribution in [0.1, 0.15) is 28.2 Å². The maximum absolute atomic E-state index is 12.4. The fraction of sp³-hybridized carbons (Fsp3) is 0.250. The summed E-state index contributed by atoms with van der Waals surface area (Å²) < 4.78 is 25.1. The van der Waals surface area contributed by atoms with E-state index < -0.39 is 6.43 Å². The van der Waals surface area contributed by atoms with Crippen LogP contribution in [0.4, 0.5) is 8.78 Å². The van der Waals surface area contributed by atoms with E-state index in [-0.39, 0.29) is 11.0 Å². The summed E-state index contributed by atoms with van der Waals surface area (Å²) in [6.45, 7) is 0. The molecule has 2 nitrogen and oxygen atoms in total. The number of rotatable bonds is 3. The van der Waals surface area contributed by atoms with Crippen molar-refractivity contribution in [2.75, 3.05) is 0 Å². The van der Waals surface area contributed by atoms with Crippen molar-refractivity contribution in [3.63, 3.8) is 0 Å². The summed E-state index contributed by atoms with van der Waals surface area (Å²) in [5.74, 6) is 0. The Kier molecular flexibility index (Phi) is 4.36. The van der Waals surface area contributed by atoms with Crippen LogP contribution in [-0.2, 0) is 5.33 Å². The van der Waals surface area contributed by atoms with Crippen LogP contribution in [0.2, 0.25) is 0 Å². The SMILES string of the molecule is O=Cc1cc(I)c(C(F)F)nc1CBr. The van der Waals surface area contributed by atoms with E-state index in [4.69, 9.17) is 0 Å². The molecule has 0 amide bonds. The standard InChI is InChI=1S/C8H5BrF2INO/c9-2-6-4(3-14)1-5(12)7(13-6)8(10)11/h1,3,8H,2H2. The van der Waals surface area contributed by atoms with Crippen molar-refractivity contribution in [2.24, 2.45) is 0 Å². The van der Waals surface area contributed by atoms with E-state index in [0.717, 1.165) is 0 Å². The summed E-state index contributed by atoms with van der Waals surface area (Å²) in [5.41, 5.74) is 0.414. The maximum Gasteiger partial charge on any atom is 0.281 e. The highest BCUT2D eigenvalue weighted by Crippen LogP contribution is 2.24. The van der Waals surface area contributed by atoms with Gasteiger partial charge in [0.1, 0.15) is 5.69 Å². The van der Waals surface area contributed by atoms with Gasteiger partial charge in [-0.3, -0.25) is 4.79 Å². The van der Waals surface area contributed by atoms with E-state index in [1.807, 2.05) is 0 Å². The predicted molar refractivity (Wildman–Crippen MR) is 59.9 cm³/mol. The molecule has 1 aromatic rings. The van der Waals surface area contributed by atoms with Gasteiger partial charge in [0, 0.05) is 14.5 Å². The minimum absolute atomic E-state index is 0.273. The fourth-order valence-electron chi connectivity index (χ4n) is 0.919. The number of hydrogen-bond donors (Lipinski definition) is 0. The van der Waals surface area contributed by atoms with Gasteiger partial charge in [-0.1, -0.05) is 15.9 Å². The van der Waals surface area contributed by atoms with Crippen LogP contribution in [0.15, 0.2) is 6.07 Å². The van der Waals surface area contributed by atoms with Crippen molar-refractivity contribution in [3.05, 3.63) is 26.6 Å². The topological polar surface area (TPSA) is 30.0 Å². The summed E-state index contributed by atoms with van der Waals surface area (Å²) >= 11 is 4.83. The Morgan fingerprint density at radius 3 is 2.71 bits per heavy atom. The molecule has 0 unspecified atom stereocenters. The van der Waals surface area contributed by atoms with Crippen molar-refractivity contribution in [3.8, 4) is 0 Å². The Morgan fingerprint density at radius 2 is 2.29 bits per heavy atom. The lowest BCUT2D eigenvalue weighted by atomic mass is 10.2. The smallest absolute Gasteiger partial charge is 0.281 e. The summed E-state index contributed by atoms with van der Waals surface area (Å²) in [6.07, 6.45) is -2.00. The first-order chi connectivity index (χ1) is 6.60. The zero-order valence-electron chi connectivity index (χ0n) is 6.81. The monoisotopic (exact) mass is 375 g/mol. The first-order valence-corrected chi connectivity index (χ1v) is 5.78. The summed E-state index contributed by atoms with van der Waals surface area (Å²) in [7, 11) is 0. The molecule has 0 saturated carbocycles. The van der Waals surface area contributed by atoms with E-state index >= 15 is 0 Å². The molecule has 0 spiro atoms. The van der Waals surface area contributed by atoms with Gasteiger partial charge >= 0.3 is 0 Å². The first kappa shape index (κ1) is 12.0. The van der Waals surface area contributed by atoms with Crippen LogP contribution in [0.5, 0.6) is 0 Å². The number of carbonyl (C=O) groups is 1. The van der Waals surface area contributed by atoms with E-state index in [1.165, 1.54) is 6.07 Å². The Hall–Kier alpha value is -0.110. The van der Waals surface area contributed by atoms with Gasteiger partial charge in [0.25, 0.3) is 6.43 Å².